The molecule has 1 amide bonds. The molecular formula is C14H13BrN2O3. The minimum absolute atomic E-state index is 0.320. The van der Waals surface area contributed by atoms with Crippen LogP contribution in [0.1, 0.15) is 10.4 Å². The van der Waals surface area contributed by atoms with Gasteiger partial charge in [-0.15, -0.1) is 0 Å². The van der Waals surface area contributed by atoms with Crippen molar-refractivity contribution in [3.8, 4) is 11.5 Å². The predicted molar refractivity (Wildman–Crippen MR) is 79.4 cm³/mol. The van der Waals surface area contributed by atoms with Crippen molar-refractivity contribution in [3.63, 3.8) is 0 Å². The fraction of sp³-hybridized carbons (Fsp3) is 0.143. The van der Waals surface area contributed by atoms with E-state index in [1.165, 1.54) is 14.2 Å². The maximum atomic E-state index is 12.4. The lowest BCUT2D eigenvalue weighted by Crippen LogP contribution is -2.14. The first-order valence-corrected chi connectivity index (χ1v) is 6.58. The first kappa shape index (κ1) is 14.3. The van der Waals surface area contributed by atoms with Crippen LogP contribution < -0.4 is 14.8 Å². The molecule has 1 aromatic heterocycles. The fourth-order valence-electron chi connectivity index (χ4n) is 1.75. The number of benzene rings is 1. The summed E-state index contributed by atoms with van der Waals surface area (Å²) in [5.41, 5.74) is 0.926. The first-order valence-electron chi connectivity index (χ1n) is 5.78. The van der Waals surface area contributed by atoms with Crippen LogP contribution in [0.2, 0.25) is 0 Å². The highest BCUT2D eigenvalue weighted by Crippen LogP contribution is 2.29. The minimum Gasteiger partial charge on any atom is -0.496 e. The van der Waals surface area contributed by atoms with Crippen molar-refractivity contribution in [1.82, 2.24) is 4.98 Å². The minimum atomic E-state index is -0.320. The monoisotopic (exact) mass is 336 g/mol. The SMILES string of the molecule is COc1cccc(OC)c1C(=O)Nc1cncc(Br)c1. The van der Waals surface area contributed by atoms with Crippen molar-refractivity contribution in [2.24, 2.45) is 0 Å². The van der Waals surface area contributed by atoms with Gasteiger partial charge in [-0.05, 0) is 34.1 Å². The van der Waals surface area contributed by atoms with Crippen LogP contribution in [0.4, 0.5) is 5.69 Å². The summed E-state index contributed by atoms with van der Waals surface area (Å²) in [6.45, 7) is 0. The third kappa shape index (κ3) is 3.08. The smallest absolute Gasteiger partial charge is 0.263 e. The Labute approximate surface area is 125 Å². The number of carbonyl (C=O) groups is 1. The van der Waals surface area contributed by atoms with Gasteiger partial charge in [-0.1, -0.05) is 6.07 Å². The quantitative estimate of drug-likeness (QED) is 0.931. The van der Waals surface area contributed by atoms with Crippen molar-refractivity contribution in [2.75, 3.05) is 19.5 Å². The van der Waals surface area contributed by atoms with Crippen LogP contribution in [-0.4, -0.2) is 25.1 Å². The van der Waals surface area contributed by atoms with Gasteiger partial charge in [0.2, 0.25) is 0 Å². The van der Waals surface area contributed by atoms with Crippen molar-refractivity contribution in [2.45, 2.75) is 0 Å². The van der Waals surface area contributed by atoms with Gasteiger partial charge in [-0.3, -0.25) is 9.78 Å². The van der Waals surface area contributed by atoms with E-state index in [4.69, 9.17) is 9.47 Å². The second-order valence-corrected chi connectivity index (χ2v) is 4.80. The number of hydrogen-bond donors (Lipinski definition) is 1. The van der Waals surface area contributed by atoms with Crippen LogP contribution >= 0.6 is 15.9 Å². The van der Waals surface area contributed by atoms with Crippen LogP contribution in [-0.2, 0) is 0 Å². The lowest BCUT2D eigenvalue weighted by molar-refractivity contribution is 0.102. The highest BCUT2D eigenvalue weighted by Gasteiger charge is 2.18. The predicted octanol–water partition coefficient (Wildman–Crippen LogP) is 3.11. The number of nitrogens with one attached hydrogen (secondary N) is 1. The van der Waals surface area contributed by atoms with Gasteiger partial charge >= 0.3 is 0 Å². The number of hydrogen-bond acceptors (Lipinski definition) is 4. The van der Waals surface area contributed by atoms with E-state index in [1.807, 2.05) is 0 Å². The van der Waals surface area contributed by atoms with Gasteiger partial charge in [-0.25, -0.2) is 0 Å². The zero-order valence-electron chi connectivity index (χ0n) is 11.0. The Balaban J connectivity index is 2.33. The zero-order valence-corrected chi connectivity index (χ0v) is 12.6. The third-order valence-electron chi connectivity index (χ3n) is 2.62. The van der Waals surface area contributed by atoms with E-state index in [2.05, 4.69) is 26.2 Å². The van der Waals surface area contributed by atoms with Crippen molar-refractivity contribution in [1.29, 1.82) is 0 Å². The Bertz CT molecular complexity index is 609. The molecule has 5 nitrogen and oxygen atoms in total. The van der Waals surface area contributed by atoms with Gasteiger partial charge in [-0.2, -0.15) is 0 Å². The summed E-state index contributed by atoms with van der Waals surface area (Å²) in [6, 6.07) is 6.93. The van der Waals surface area contributed by atoms with E-state index in [1.54, 1.807) is 36.7 Å². The second-order valence-electron chi connectivity index (χ2n) is 3.88. The molecule has 0 radical (unpaired) electrons. The van der Waals surface area contributed by atoms with Gasteiger partial charge in [0.1, 0.15) is 17.1 Å². The van der Waals surface area contributed by atoms with Gasteiger partial charge < -0.3 is 14.8 Å². The Kier molecular flexibility index (Phi) is 4.57. The summed E-state index contributed by atoms with van der Waals surface area (Å²) in [7, 11) is 3.01. The molecule has 1 heterocycles. The van der Waals surface area contributed by atoms with Crippen molar-refractivity contribution in [3.05, 3.63) is 46.7 Å². The lowest BCUT2D eigenvalue weighted by atomic mass is 10.1. The number of halogens is 1. The molecule has 0 saturated heterocycles. The fourth-order valence-corrected chi connectivity index (χ4v) is 2.11. The van der Waals surface area contributed by atoms with E-state index in [-0.39, 0.29) is 5.91 Å². The molecular weight excluding hydrogens is 324 g/mol. The van der Waals surface area contributed by atoms with Gasteiger partial charge in [0.15, 0.2) is 0 Å². The molecule has 0 aliphatic rings. The summed E-state index contributed by atoms with van der Waals surface area (Å²) >= 11 is 3.30. The number of nitrogens with zero attached hydrogens (tertiary/aromatic N) is 1. The molecule has 0 bridgehead atoms. The highest BCUT2D eigenvalue weighted by atomic mass is 79.9. The van der Waals surface area contributed by atoms with Crippen molar-refractivity contribution >= 4 is 27.5 Å². The van der Waals surface area contributed by atoms with Gasteiger partial charge in [0.25, 0.3) is 5.91 Å². The molecule has 0 aliphatic heterocycles. The van der Waals surface area contributed by atoms with E-state index in [0.717, 1.165) is 4.47 Å². The number of rotatable bonds is 4. The second kappa shape index (κ2) is 6.38. The standard InChI is InChI=1S/C14H13BrN2O3/c1-19-11-4-3-5-12(20-2)13(11)14(18)17-10-6-9(15)7-16-8-10/h3-8H,1-2H3,(H,17,18). The molecule has 20 heavy (non-hydrogen) atoms. The topological polar surface area (TPSA) is 60.5 Å². The molecule has 104 valence electrons. The molecule has 0 spiro atoms. The van der Waals surface area contributed by atoms with Crippen LogP contribution in [0.25, 0.3) is 0 Å². The molecule has 0 fully saturated rings. The molecule has 2 aromatic rings. The van der Waals surface area contributed by atoms with E-state index in [0.29, 0.717) is 22.7 Å². The highest BCUT2D eigenvalue weighted by molar-refractivity contribution is 9.10. The molecule has 0 saturated carbocycles. The normalized spacial score (nSPS) is 9.95. The van der Waals surface area contributed by atoms with Gasteiger partial charge in [0.05, 0.1) is 26.1 Å². The van der Waals surface area contributed by atoms with Crippen LogP contribution in [0, 0.1) is 0 Å². The Morgan fingerprint density at radius 3 is 2.40 bits per heavy atom. The summed E-state index contributed by atoms with van der Waals surface area (Å²) in [6.07, 6.45) is 3.20. The molecule has 1 N–H and O–H groups in total. The number of amides is 1. The number of ether oxygens (including phenoxy) is 2. The van der Waals surface area contributed by atoms with Crippen LogP contribution in [0.3, 0.4) is 0 Å². The Hall–Kier alpha value is -2.08. The number of pyridine rings is 1. The summed E-state index contributed by atoms with van der Waals surface area (Å²) in [4.78, 5) is 16.4. The largest absolute Gasteiger partial charge is 0.496 e. The molecule has 0 unspecified atom stereocenters. The van der Waals surface area contributed by atoms with E-state index < -0.39 is 0 Å². The average molecular weight is 337 g/mol. The third-order valence-corrected chi connectivity index (χ3v) is 3.05. The van der Waals surface area contributed by atoms with E-state index >= 15 is 0 Å². The Morgan fingerprint density at radius 2 is 1.85 bits per heavy atom. The van der Waals surface area contributed by atoms with Crippen LogP contribution in [0.15, 0.2) is 41.1 Å². The van der Waals surface area contributed by atoms with E-state index in [9.17, 15) is 4.79 Å². The molecule has 1 aromatic carbocycles. The molecule has 6 heteroatoms. The number of methoxy groups -OCH3 is 2. The maximum Gasteiger partial charge on any atom is 0.263 e. The number of aromatic nitrogens is 1. The Morgan fingerprint density at radius 1 is 1.20 bits per heavy atom. The van der Waals surface area contributed by atoms with Gasteiger partial charge in [0, 0.05) is 10.7 Å². The van der Waals surface area contributed by atoms with Crippen LogP contribution in [0.5, 0.6) is 11.5 Å². The summed E-state index contributed by atoms with van der Waals surface area (Å²) < 4.78 is 11.2. The molecule has 2 rings (SSSR count). The molecule has 0 atom stereocenters. The first-order chi connectivity index (χ1) is 9.65. The number of carbonyl (C=O) groups excluding carboxylic acids is 1. The summed E-state index contributed by atoms with van der Waals surface area (Å²) in [5, 5.41) is 2.76. The number of anilines is 1. The zero-order chi connectivity index (χ0) is 14.5. The maximum absolute atomic E-state index is 12.4. The lowest BCUT2D eigenvalue weighted by Gasteiger charge is -2.12. The average Bonchev–Trinajstić information content (AvgIpc) is 2.46. The van der Waals surface area contributed by atoms with Crippen molar-refractivity contribution < 1.29 is 14.3 Å². The summed E-state index contributed by atoms with van der Waals surface area (Å²) in [5.74, 6) is 0.578. The molecule has 0 aliphatic carbocycles.